The Kier molecular flexibility index (Phi) is 7.56. The van der Waals surface area contributed by atoms with E-state index in [1.165, 1.54) is 24.8 Å². The molecule has 108 valence electrons. The van der Waals surface area contributed by atoms with Crippen molar-refractivity contribution in [1.82, 2.24) is 10.6 Å². The summed E-state index contributed by atoms with van der Waals surface area (Å²) in [5.74, 6) is 1.69. The van der Waals surface area contributed by atoms with Crippen LogP contribution < -0.4 is 10.6 Å². The van der Waals surface area contributed by atoms with Gasteiger partial charge in [-0.05, 0) is 41.7 Å². The number of thiophene rings is 1. The van der Waals surface area contributed by atoms with Crippen LogP contribution in [-0.2, 0) is 6.54 Å². The smallest absolute Gasteiger partial charge is 0.191 e. The maximum absolute atomic E-state index is 4.27. The fourth-order valence-corrected chi connectivity index (χ4v) is 2.58. The second-order valence-corrected chi connectivity index (χ2v) is 6.21. The fraction of sp³-hybridized carbons (Fsp3) is 0.667. The van der Waals surface area contributed by atoms with Crippen molar-refractivity contribution in [3.8, 4) is 0 Å². The summed E-state index contributed by atoms with van der Waals surface area (Å²) in [6.45, 7) is 7.61. The largest absolute Gasteiger partial charge is 0.354 e. The van der Waals surface area contributed by atoms with Gasteiger partial charge in [0, 0.05) is 19.6 Å². The fourth-order valence-electron chi connectivity index (χ4n) is 1.91. The van der Waals surface area contributed by atoms with Crippen LogP contribution in [0.15, 0.2) is 21.8 Å². The zero-order chi connectivity index (χ0) is 14.1. The van der Waals surface area contributed by atoms with E-state index >= 15 is 0 Å². The quantitative estimate of drug-likeness (QED) is 0.591. The van der Waals surface area contributed by atoms with E-state index < -0.39 is 0 Å². The lowest BCUT2D eigenvalue weighted by Gasteiger charge is -2.18. The Labute approximate surface area is 121 Å². The van der Waals surface area contributed by atoms with Gasteiger partial charge in [-0.3, -0.25) is 4.99 Å². The van der Waals surface area contributed by atoms with Crippen molar-refractivity contribution in [3.05, 3.63) is 22.4 Å². The summed E-state index contributed by atoms with van der Waals surface area (Å²) < 4.78 is 0. The van der Waals surface area contributed by atoms with Crippen LogP contribution in [0.2, 0.25) is 0 Å². The minimum absolute atomic E-state index is 0.465. The molecule has 0 aliphatic heterocycles. The van der Waals surface area contributed by atoms with Gasteiger partial charge in [0.25, 0.3) is 0 Å². The van der Waals surface area contributed by atoms with Gasteiger partial charge < -0.3 is 10.6 Å². The molecule has 1 aromatic rings. The van der Waals surface area contributed by atoms with Crippen molar-refractivity contribution in [3.63, 3.8) is 0 Å². The van der Waals surface area contributed by atoms with Crippen LogP contribution in [0, 0.1) is 5.92 Å². The van der Waals surface area contributed by atoms with Gasteiger partial charge in [0.2, 0.25) is 0 Å². The van der Waals surface area contributed by atoms with Gasteiger partial charge in [0.1, 0.15) is 0 Å². The molecule has 0 radical (unpaired) electrons. The minimum atomic E-state index is 0.465. The highest BCUT2D eigenvalue weighted by Gasteiger charge is 2.05. The highest BCUT2D eigenvalue weighted by molar-refractivity contribution is 7.07. The number of rotatable bonds is 7. The van der Waals surface area contributed by atoms with Crippen molar-refractivity contribution in [2.24, 2.45) is 10.9 Å². The molecule has 2 N–H and O–H groups in total. The van der Waals surface area contributed by atoms with Crippen molar-refractivity contribution in [2.75, 3.05) is 7.05 Å². The Morgan fingerprint density at radius 3 is 2.68 bits per heavy atom. The number of nitrogens with one attached hydrogen (secondary N) is 2. The molecule has 1 aromatic heterocycles. The third-order valence-corrected chi connectivity index (χ3v) is 3.80. The molecule has 1 rings (SSSR count). The van der Waals surface area contributed by atoms with Crippen LogP contribution in [0.3, 0.4) is 0 Å². The zero-order valence-electron chi connectivity index (χ0n) is 12.6. The molecule has 3 nitrogen and oxygen atoms in total. The normalized spacial score (nSPS) is 13.6. The predicted octanol–water partition coefficient (Wildman–Crippen LogP) is 3.63. The number of hydrogen-bond donors (Lipinski definition) is 2. The van der Waals surface area contributed by atoms with Gasteiger partial charge in [0.05, 0.1) is 0 Å². The Morgan fingerprint density at radius 1 is 1.32 bits per heavy atom. The Balaban J connectivity index is 2.24. The monoisotopic (exact) mass is 281 g/mol. The number of guanidine groups is 1. The molecule has 0 aromatic carbocycles. The summed E-state index contributed by atoms with van der Waals surface area (Å²) >= 11 is 1.73. The predicted molar refractivity (Wildman–Crippen MR) is 85.8 cm³/mol. The molecule has 1 heterocycles. The first kappa shape index (κ1) is 16.0. The maximum Gasteiger partial charge on any atom is 0.191 e. The summed E-state index contributed by atoms with van der Waals surface area (Å²) in [4.78, 5) is 4.27. The summed E-state index contributed by atoms with van der Waals surface area (Å²) in [5, 5.41) is 11.1. The standard InChI is InChI=1S/C15H27N3S/c1-12(2)6-5-7-13(3)18-15(16-4)17-10-14-8-9-19-11-14/h8-9,11-13H,5-7,10H2,1-4H3,(H2,16,17,18). The first-order valence-electron chi connectivity index (χ1n) is 7.10. The third-order valence-electron chi connectivity index (χ3n) is 3.07. The molecule has 0 bridgehead atoms. The second kappa shape index (κ2) is 8.97. The number of aliphatic imine (C=N–C) groups is 1. The van der Waals surface area contributed by atoms with E-state index in [4.69, 9.17) is 0 Å². The average molecular weight is 281 g/mol. The molecule has 0 saturated carbocycles. The molecule has 0 aliphatic rings. The van der Waals surface area contributed by atoms with E-state index in [2.05, 4.69) is 53.2 Å². The molecule has 1 atom stereocenters. The summed E-state index contributed by atoms with van der Waals surface area (Å²) in [7, 11) is 1.82. The number of nitrogens with zero attached hydrogens (tertiary/aromatic N) is 1. The summed E-state index contributed by atoms with van der Waals surface area (Å²) in [5.41, 5.74) is 1.31. The molecule has 0 saturated heterocycles. The van der Waals surface area contributed by atoms with Crippen LogP contribution >= 0.6 is 11.3 Å². The summed E-state index contributed by atoms with van der Waals surface area (Å²) in [6, 6.07) is 2.60. The molecule has 0 fully saturated rings. The molecule has 0 spiro atoms. The molecule has 0 amide bonds. The molecular weight excluding hydrogens is 254 g/mol. The van der Waals surface area contributed by atoms with Gasteiger partial charge in [-0.25, -0.2) is 0 Å². The maximum atomic E-state index is 4.27. The molecule has 0 aliphatic carbocycles. The van der Waals surface area contributed by atoms with E-state index in [0.29, 0.717) is 6.04 Å². The van der Waals surface area contributed by atoms with Gasteiger partial charge in [-0.1, -0.05) is 26.7 Å². The van der Waals surface area contributed by atoms with Crippen molar-refractivity contribution < 1.29 is 0 Å². The molecule has 1 unspecified atom stereocenters. The SMILES string of the molecule is CN=C(NCc1ccsc1)NC(C)CCCC(C)C. The van der Waals surface area contributed by atoms with Gasteiger partial charge in [-0.2, -0.15) is 11.3 Å². The van der Waals surface area contributed by atoms with Crippen LogP contribution in [0.5, 0.6) is 0 Å². The van der Waals surface area contributed by atoms with E-state index in [1.54, 1.807) is 11.3 Å². The lowest BCUT2D eigenvalue weighted by Crippen LogP contribution is -2.41. The van der Waals surface area contributed by atoms with E-state index in [0.717, 1.165) is 18.4 Å². The highest BCUT2D eigenvalue weighted by atomic mass is 32.1. The first-order valence-corrected chi connectivity index (χ1v) is 8.04. The lowest BCUT2D eigenvalue weighted by atomic mass is 10.0. The Morgan fingerprint density at radius 2 is 2.11 bits per heavy atom. The minimum Gasteiger partial charge on any atom is -0.354 e. The highest BCUT2D eigenvalue weighted by Crippen LogP contribution is 2.08. The van der Waals surface area contributed by atoms with Crippen molar-refractivity contribution in [2.45, 2.75) is 52.6 Å². The molecular formula is C15H27N3S. The van der Waals surface area contributed by atoms with E-state index in [1.807, 2.05) is 7.05 Å². The molecule has 4 heteroatoms. The van der Waals surface area contributed by atoms with Crippen LogP contribution in [0.1, 0.15) is 45.6 Å². The van der Waals surface area contributed by atoms with Crippen molar-refractivity contribution in [1.29, 1.82) is 0 Å². The second-order valence-electron chi connectivity index (χ2n) is 5.43. The Bertz CT molecular complexity index is 357. The first-order chi connectivity index (χ1) is 9.11. The van der Waals surface area contributed by atoms with E-state index in [9.17, 15) is 0 Å². The van der Waals surface area contributed by atoms with Crippen LogP contribution in [-0.4, -0.2) is 19.0 Å². The van der Waals surface area contributed by atoms with Gasteiger partial charge >= 0.3 is 0 Å². The molecule has 19 heavy (non-hydrogen) atoms. The van der Waals surface area contributed by atoms with Gasteiger partial charge in [0.15, 0.2) is 5.96 Å². The Hall–Kier alpha value is -1.03. The van der Waals surface area contributed by atoms with Crippen LogP contribution in [0.25, 0.3) is 0 Å². The lowest BCUT2D eigenvalue weighted by molar-refractivity contribution is 0.491. The number of hydrogen-bond acceptors (Lipinski definition) is 2. The third kappa shape index (κ3) is 7.21. The van der Waals surface area contributed by atoms with Gasteiger partial charge in [-0.15, -0.1) is 0 Å². The zero-order valence-corrected chi connectivity index (χ0v) is 13.4. The summed E-state index contributed by atoms with van der Waals surface area (Å²) in [6.07, 6.45) is 3.76. The van der Waals surface area contributed by atoms with E-state index in [-0.39, 0.29) is 0 Å². The average Bonchev–Trinajstić information content (AvgIpc) is 2.87. The van der Waals surface area contributed by atoms with Crippen molar-refractivity contribution >= 4 is 17.3 Å². The van der Waals surface area contributed by atoms with Crippen LogP contribution in [0.4, 0.5) is 0 Å². The topological polar surface area (TPSA) is 36.4 Å².